The molecule has 0 aromatic carbocycles. The van der Waals surface area contributed by atoms with Gasteiger partial charge in [0, 0.05) is 11.4 Å². The van der Waals surface area contributed by atoms with Crippen molar-refractivity contribution in [2.45, 2.75) is 20.4 Å². The first kappa shape index (κ1) is 8.64. The fourth-order valence-electron chi connectivity index (χ4n) is 1.07. The van der Waals surface area contributed by atoms with E-state index in [1.165, 1.54) is 4.57 Å². The van der Waals surface area contributed by atoms with E-state index in [-0.39, 0.29) is 12.2 Å². The highest BCUT2D eigenvalue weighted by Crippen LogP contribution is 1.94. The molecule has 0 fully saturated rings. The molecule has 1 aromatic heterocycles. The van der Waals surface area contributed by atoms with Gasteiger partial charge in [0.15, 0.2) is 0 Å². The fraction of sp³-hybridized carbons (Fsp3) is 0.375. The second-order valence-electron chi connectivity index (χ2n) is 2.60. The number of carbonyl (C=O) groups is 1. The lowest BCUT2D eigenvalue weighted by Gasteiger charge is -2.04. The zero-order chi connectivity index (χ0) is 9.14. The third-order valence-electron chi connectivity index (χ3n) is 1.60. The van der Waals surface area contributed by atoms with Crippen molar-refractivity contribution in [1.29, 1.82) is 0 Å². The van der Waals surface area contributed by atoms with Crippen molar-refractivity contribution in [3.8, 4) is 0 Å². The highest BCUT2D eigenvalue weighted by molar-refractivity contribution is 5.49. The van der Waals surface area contributed by atoms with E-state index in [9.17, 15) is 9.59 Å². The Labute approximate surface area is 69.9 Å². The van der Waals surface area contributed by atoms with Crippen molar-refractivity contribution in [3.63, 3.8) is 0 Å². The molecule has 0 spiro atoms. The van der Waals surface area contributed by atoms with Crippen molar-refractivity contribution in [3.05, 3.63) is 27.9 Å². The predicted octanol–water partition coefficient (Wildman–Crippen LogP) is 0.0590. The van der Waals surface area contributed by atoms with E-state index in [0.29, 0.717) is 12.0 Å². The molecule has 4 heteroatoms. The fourth-order valence-corrected chi connectivity index (χ4v) is 1.07. The zero-order valence-electron chi connectivity index (χ0n) is 7.07. The lowest BCUT2D eigenvalue weighted by molar-refractivity contribution is -0.108. The summed E-state index contributed by atoms with van der Waals surface area (Å²) >= 11 is 0. The first-order valence-corrected chi connectivity index (χ1v) is 3.64. The summed E-state index contributed by atoms with van der Waals surface area (Å²) in [6.45, 7) is 3.61. The highest BCUT2D eigenvalue weighted by atomic mass is 16.1. The van der Waals surface area contributed by atoms with Crippen molar-refractivity contribution in [2.24, 2.45) is 0 Å². The maximum Gasteiger partial charge on any atom is 0.348 e. The molecule has 0 aliphatic carbocycles. The third kappa shape index (κ3) is 1.58. The molecular weight excluding hydrogens is 156 g/mol. The van der Waals surface area contributed by atoms with Crippen molar-refractivity contribution >= 4 is 6.29 Å². The van der Waals surface area contributed by atoms with Gasteiger partial charge in [0.05, 0.1) is 6.54 Å². The second-order valence-corrected chi connectivity index (χ2v) is 2.60. The molecule has 64 valence electrons. The second kappa shape index (κ2) is 3.30. The SMILES string of the molecule is Cc1cc(C)n(CC=O)c(=O)n1. The molecule has 0 unspecified atom stereocenters. The predicted molar refractivity (Wildman–Crippen MR) is 44.0 cm³/mol. The molecule has 0 aliphatic rings. The first-order chi connectivity index (χ1) is 5.65. The van der Waals surface area contributed by atoms with Gasteiger partial charge in [-0.15, -0.1) is 0 Å². The summed E-state index contributed by atoms with van der Waals surface area (Å²) in [5, 5.41) is 0. The Balaban J connectivity index is 3.28. The van der Waals surface area contributed by atoms with Crippen LogP contribution in [0.1, 0.15) is 11.4 Å². The third-order valence-corrected chi connectivity index (χ3v) is 1.60. The van der Waals surface area contributed by atoms with E-state index >= 15 is 0 Å². The van der Waals surface area contributed by atoms with Crippen LogP contribution in [-0.2, 0) is 11.3 Å². The summed E-state index contributed by atoms with van der Waals surface area (Å²) in [7, 11) is 0. The lowest BCUT2D eigenvalue weighted by Crippen LogP contribution is -2.26. The van der Waals surface area contributed by atoms with Gasteiger partial charge in [-0.3, -0.25) is 4.57 Å². The van der Waals surface area contributed by atoms with Crippen LogP contribution in [0.25, 0.3) is 0 Å². The number of carbonyl (C=O) groups excluding carboxylic acids is 1. The molecule has 1 heterocycles. The van der Waals surface area contributed by atoms with Crippen LogP contribution in [0.3, 0.4) is 0 Å². The van der Waals surface area contributed by atoms with Gasteiger partial charge in [-0.25, -0.2) is 4.79 Å². The molecular formula is C8H10N2O2. The van der Waals surface area contributed by atoms with Crippen LogP contribution in [0.2, 0.25) is 0 Å². The molecule has 1 rings (SSSR count). The minimum absolute atomic E-state index is 0.0813. The largest absolute Gasteiger partial charge is 0.348 e. The Bertz CT molecular complexity index is 355. The maximum absolute atomic E-state index is 11.1. The average molecular weight is 166 g/mol. The minimum atomic E-state index is -0.361. The number of aryl methyl sites for hydroxylation is 2. The number of hydrogen-bond donors (Lipinski definition) is 0. The van der Waals surface area contributed by atoms with Gasteiger partial charge in [0.25, 0.3) is 0 Å². The summed E-state index contributed by atoms with van der Waals surface area (Å²) in [5.74, 6) is 0. The molecule has 0 N–H and O–H groups in total. The number of aromatic nitrogens is 2. The molecule has 0 saturated heterocycles. The quantitative estimate of drug-likeness (QED) is 0.584. The van der Waals surface area contributed by atoms with Crippen molar-refractivity contribution in [2.75, 3.05) is 0 Å². The lowest BCUT2D eigenvalue weighted by atomic mass is 10.3. The summed E-state index contributed by atoms with van der Waals surface area (Å²) in [5.41, 5.74) is 1.08. The van der Waals surface area contributed by atoms with Crippen LogP contribution in [0.4, 0.5) is 0 Å². The van der Waals surface area contributed by atoms with Gasteiger partial charge < -0.3 is 4.79 Å². The molecule has 0 radical (unpaired) electrons. The average Bonchev–Trinajstić information content (AvgIpc) is 1.96. The Morgan fingerprint density at radius 3 is 2.75 bits per heavy atom. The molecule has 1 aromatic rings. The number of nitrogens with zero attached hydrogens (tertiary/aromatic N) is 2. The Morgan fingerprint density at radius 1 is 1.58 bits per heavy atom. The van der Waals surface area contributed by atoms with Crippen LogP contribution < -0.4 is 5.69 Å². The zero-order valence-corrected chi connectivity index (χ0v) is 7.07. The molecule has 0 bridgehead atoms. The van der Waals surface area contributed by atoms with Crippen LogP contribution in [-0.4, -0.2) is 15.8 Å². The molecule has 0 amide bonds. The molecule has 12 heavy (non-hydrogen) atoms. The van der Waals surface area contributed by atoms with Crippen LogP contribution >= 0.6 is 0 Å². The van der Waals surface area contributed by atoms with Gasteiger partial charge in [-0.05, 0) is 19.9 Å². The van der Waals surface area contributed by atoms with E-state index in [1.807, 2.05) is 0 Å². The monoisotopic (exact) mass is 166 g/mol. The van der Waals surface area contributed by atoms with Crippen LogP contribution in [0.15, 0.2) is 10.9 Å². The molecule has 0 aliphatic heterocycles. The minimum Gasteiger partial charge on any atom is -0.301 e. The number of hydrogen-bond acceptors (Lipinski definition) is 3. The molecule has 0 saturated carbocycles. The van der Waals surface area contributed by atoms with Gasteiger partial charge >= 0.3 is 5.69 Å². The van der Waals surface area contributed by atoms with E-state index in [0.717, 1.165) is 5.69 Å². The Hall–Kier alpha value is -1.45. The normalized spacial score (nSPS) is 9.83. The highest BCUT2D eigenvalue weighted by Gasteiger charge is 2.00. The smallest absolute Gasteiger partial charge is 0.301 e. The van der Waals surface area contributed by atoms with E-state index in [4.69, 9.17) is 0 Å². The molecule has 4 nitrogen and oxygen atoms in total. The summed E-state index contributed by atoms with van der Waals surface area (Å²) < 4.78 is 1.33. The van der Waals surface area contributed by atoms with Crippen LogP contribution in [0.5, 0.6) is 0 Å². The van der Waals surface area contributed by atoms with E-state index in [1.54, 1.807) is 19.9 Å². The van der Waals surface area contributed by atoms with Gasteiger partial charge in [0.2, 0.25) is 0 Å². The Morgan fingerprint density at radius 2 is 2.25 bits per heavy atom. The first-order valence-electron chi connectivity index (χ1n) is 3.64. The standard InChI is InChI=1S/C8H10N2O2/c1-6-5-7(2)10(3-4-11)8(12)9-6/h4-5H,3H2,1-2H3. The summed E-state index contributed by atoms with van der Waals surface area (Å²) in [6, 6.07) is 1.77. The van der Waals surface area contributed by atoms with Gasteiger partial charge in [0.1, 0.15) is 6.29 Å². The van der Waals surface area contributed by atoms with Gasteiger partial charge in [-0.2, -0.15) is 4.98 Å². The molecule has 0 atom stereocenters. The van der Waals surface area contributed by atoms with E-state index in [2.05, 4.69) is 4.98 Å². The number of rotatable bonds is 2. The van der Waals surface area contributed by atoms with Crippen LogP contribution in [0, 0.1) is 13.8 Å². The summed E-state index contributed by atoms with van der Waals surface area (Å²) in [4.78, 5) is 25.0. The maximum atomic E-state index is 11.1. The van der Waals surface area contributed by atoms with Crippen molar-refractivity contribution < 1.29 is 4.79 Å². The van der Waals surface area contributed by atoms with E-state index < -0.39 is 0 Å². The topological polar surface area (TPSA) is 52.0 Å². The Kier molecular flexibility index (Phi) is 2.38. The summed E-state index contributed by atoms with van der Waals surface area (Å²) in [6.07, 6.45) is 0.686. The van der Waals surface area contributed by atoms with Crippen molar-refractivity contribution in [1.82, 2.24) is 9.55 Å². The number of aldehydes is 1. The van der Waals surface area contributed by atoms with Gasteiger partial charge in [-0.1, -0.05) is 0 Å².